The van der Waals surface area contributed by atoms with E-state index in [1.807, 2.05) is 12.3 Å². The minimum Gasteiger partial charge on any atom is -0.298 e. The van der Waals surface area contributed by atoms with E-state index in [2.05, 4.69) is 16.9 Å². The van der Waals surface area contributed by atoms with E-state index in [0.29, 0.717) is 10.7 Å². The van der Waals surface area contributed by atoms with Gasteiger partial charge >= 0.3 is 0 Å². The molecule has 1 heterocycles. The molecular formula is C8H10N2OS. The van der Waals surface area contributed by atoms with Gasteiger partial charge in [0.25, 0.3) is 5.91 Å². The summed E-state index contributed by atoms with van der Waals surface area (Å²) in [4.78, 5) is 15.2. The summed E-state index contributed by atoms with van der Waals surface area (Å²) >= 11 is 1.41. The number of anilines is 1. The van der Waals surface area contributed by atoms with E-state index in [4.69, 9.17) is 0 Å². The minimum absolute atomic E-state index is 0.177. The van der Waals surface area contributed by atoms with Crippen molar-refractivity contribution in [2.75, 3.05) is 5.32 Å². The van der Waals surface area contributed by atoms with Gasteiger partial charge in [0.1, 0.15) is 0 Å². The third-order valence-corrected chi connectivity index (χ3v) is 2.10. The molecule has 0 spiro atoms. The molecule has 0 saturated carbocycles. The minimum atomic E-state index is -0.177. The van der Waals surface area contributed by atoms with Crippen molar-refractivity contribution in [1.29, 1.82) is 0 Å². The lowest BCUT2D eigenvalue weighted by molar-refractivity contribution is -0.112. The average molecular weight is 182 g/mol. The summed E-state index contributed by atoms with van der Waals surface area (Å²) in [6.45, 7) is 7.07. The van der Waals surface area contributed by atoms with Crippen LogP contribution in [0.25, 0.3) is 0 Å². The molecule has 0 bridgehead atoms. The van der Waals surface area contributed by atoms with Crippen LogP contribution in [0.5, 0.6) is 0 Å². The highest BCUT2D eigenvalue weighted by Gasteiger charge is 2.04. The molecule has 0 aliphatic heterocycles. The standard InChI is InChI=1S/C8H10N2OS/c1-5(2)7(11)10-8-9-6(3)4-12-8/h4H,1H2,2-3H3,(H,9,10,11). The summed E-state index contributed by atoms with van der Waals surface area (Å²) in [7, 11) is 0. The van der Waals surface area contributed by atoms with Gasteiger partial charge in [-0.3, -0.25) is 10.1 Å². The number of aryl methyl sites for hydroxylation is 1. The van der Waals surface area contributed by atoms with E-state index in [1.54, 1.807) is 6.92 Å². The van der Waals surface area contributed by atoms with Gasteiger partial charge in [0.15, 0.2) is 5.13 Å². The summed E-state index contributed by atoms with van der Waals surface area (Å²) in [5.74, 6) is -0.177. The van der Waals surface area contributed by atoms with E-state index in [-0.39, 0.29) is 5.91 Å². The molecule has 0 unspecified atom stereocenters. The number of carbonyl (C=O) groups excluding carboxylic acids is 1. The highest BCUT2D eigenvalue weighted by atomic mass is 32.1. The number of carbonyl (C=O) groups is 1. The Labute approximate surface area is 75.1 Å². The average Bonchev–Trinajstić information content (AvgIpc) is 2.35. The third kappa shape index (κ3) is 2.17. The maximum absolute atomic E-state index is 11.1. The Morgan fingerprint density at radius 2 is 2.42 bits per heavy atom. The second-order valence-electron chi connectivity index (χ2n) is 2.53. The van der Waals surface area contributed by atoms with Crippen molar-refractivity contribution in [1.82, 2.24) is 4.98 Å². The third-order valence-electron chi connectivity index (χ3n) is 1.23. The van der Waals surface area contributed by atoms with Gasteiger partial charge in [0, 0.05) is 11.0 Å². The first-order valence-electron chi connectivity index (χ1n) is 3.48. The van der Waals surface area contributed by atoms with Gasteiger partial charge in [-0.05, 0) is 13.8 Å². The zero-order chi connectivity index (χ0) is 9.14. The number of rotatable bonds is 2. The molecule has 3 nitrogen and oxygen atoms in total. The first-order chi connectivity index (χ1) is 5.59. The number of aromatic nitrogens is 1. The Bertz CT molecular complexity index is 317. The molecule has 1 amide bonds. The molecule has 0 saturated heterocycles. The Kier molecular flexibility index (Phi) is 2.60. The number of hydrogen-bond acceptors (Lipinski definition) is 3. The Morgan fingerprint density at radius 3 is 2.83 bits per heavy atom. The molecule has 1 aromatic heterocycles. The number of thiazole rings is 1. The topological polar surface area (TPSA) is 42.0 Å². The van der Waals surface area contributed by atoms with Crippen molar-refractivity contribution < 1.29 is 4.79 Å². The summed E-state index contributed by atoms with van der Waals surface area (Å²) < 4.78 is 0. The van der Waals surface area contributed by atoms with Crippen molar-refractivity contribution in [3.63, 3.8) is 0 Å². The van der Waals surface area contributed by atoms with E-state index in [1.165, 1.54) is 11.3 Å². The molecule has 1 aromatic rings. The zero-order valence-corrected chi connectivity index (χ0v) is 7.86. The summed E-state index contributed by atoms with van der Waals surface area (Å²) in [5, 5.41) is 5.14. The van der Waals surface area contributed by atoms with Crippen LogP contribution in [-0.2, 0) is 4.79 Å². The highest BCUT2D eigenvalue weighted by Crippen LogP contribution is 2.14. The molecule has 0 aliphatic carbocycles. The molecule has 0 aromatic carbocycles. The molecule has 0 atom stereocenters. The first kappa shape index (κ1) is 8.93. The van der Waals surface area contributed by atoms with E-state index in [0.717, 1.165) is 5.69 Å². The Morgan fingerprint density at radius 1 is 1.75 bits per heavy atom. The van der Waals surface area contributed by atoms with Crippen molar-refractivity contribution in [2.24, 2.45) is 0 Å². The predicted octanol–water partition coefficient (Wildman–Crippen LogP) is 1.97. The molecule has 0 fully saturated rings. The van der Waals surface area contributed by atoms with Crippen molar-refractivity contribution in [3.05, 3.63) is 23.2 Å². The van der Waals surface area contributed by atoms with Crippen LogP contribution >= 0.6 is 11.3 Å². The number of nitrogens with zero attached hydrogens (tertiary/aromatic N) is 1. The molecule has 64 valence electrons. The van der Waals surface area contributed by atoms with Crippen LogP contribution in [0.4, 0.5) is 5.13 Å². The summed E-state index contributed by atoms with van der Waals surface area (Å²) in [6.07, 6.45) is 0. The van der Waals surface area contributed by atoms with Crippen LogP contribution in [0.15, 0.2) is 17.5 Å². The molecule has 0 aliphatic rings. The van der Waals surface area contributed by atoms with Gasteiger partial charge in [-0.15, -0.1) is 11.3 Å². The molecule has 12 heavy (non-hydrogen) atoms. The molecule has 1 rings (SSSR count). The van der Waals surface area contributed by atoms with Gasteiger partial charge in [0.05, 0.1) is 5.69 Å². The summed E-state index contributed by atoms with van der Waals surface area (Å²) in [6, 6.07) is 0. The molecule has 4 heteroatoms. The van der Waals surface area contributed by atoms with Crippen LogP contribution in [0.3, 0.4) is 0 Å². The van der Waals surface area contributed by atoms with Crippen LogP contribution in [-0.4, -0.2) is 10.9 Å². The van der Waals surface area contributed by atoms with Crippen LogP contribution in [0.2, 0.25) is 0 Å². The van der Waals surface area contributed by atoms with E-state index in [9.17, 15) is 4.79 Å². The quantitative estimate of drug-likeness (QED) is 0.710. The second kappa shape index (κ2) is 3.49. The molecule has 0 radical (unpaired) electrons. The fourth-order valence-electron chi connectivity index (χ4n) is 0.615. The maximum atomic E-state index is 11.1. The zero-order valence-electron chi connectivity index (χ0n) is 7.05. The number of nitrogens with one attached hydrogen (secondary N) is 1. The fraction of sp³-hybridized carbons (Fsp3) is 0.250. The monoisotopic (exact) mass is 182 g/mol. The van der Waals surface area contributed by atoms with Gasteiger partial charge in [-0.1, -0.05) is 6.58 Å². The van der Waals surface area contributed by atoms with E-state index < -0.39 is 0 Å². The normalized spacial score (nSPS) is 9.50. The first-order valence-corrected chi connectivity index (χ1v) is 4.36. The summed E-state index contributed by atoms with van der Waals surface area (Å²) in [5.41, 5.74) is 1.40. The van der Waals surface area contributed by atoms with Gasteiger partial charge in [-0.2, -0.15) is 0 Å². The van der Waals surface area contributed by atoms with Gasteiger partial charge in [0.2, 0.25) is 0 Å². The lowest BCUT2D eigenvalue weighted by atomic mass is 10.3. The van der Waals surface area contributed by atoms with Crippen molar-refractivity contribution in [3.8, 4) is 0 Å². The lowest BCUT2D eigenvalue weighted by Gasteiger charge is -1.98. The highest BCUT2D eigenvalue weighted by molar-refractivity contribution is 7.13. The second-order valence-corrected chi connectivity index (χ2v) is 3.39. The van der Waals surface area contributed by atoms with E-state index >= 15 is 0 Å². The smallest absolute Gasteiger partial charge is 0.252 e. The number of hydrogen-bond donors (Lipinski definition) is 1. The van der Waals surface area contributed by atoms with Gasteiger partial charge in [-0.25, -0.2) is 4.98 Å². The largest absolute Gasteiger partial charge is 0.298 e. The van der Waals surface area contributed by atoms with Gasteiger partial charge < -0.3 is 0 Å². The Hall–Kier alpha value is -1.16. The SMILES string of the molecule is C=C(C)C(=O)Nc1nc(C)cs1. The lowest BCUT2D eigenvalue weighted by Crippen LogP contribution is -2.11. The maximum Gasteiger partial charge on any atom is 0.252 e. The fourth-order valence-corrected chi connectivity index (χ4v) is 1.30. The van der Waals surface area contributed by atoms with Crippen LogP contribution in [0.1, 0.15) is 12.6 Å². The number of amides is 1. The molecule has 1 N–H and O–H groups in total. The van der Waals surface area contributed by atoms with Crippen LogP contribution < -0.4 is 5.32 Å². The molecular weight excluding hydrogens is 172 g/mol. The predicted molar refractivity (Wildman–Crippen MR) is 50.3 cm³/mol. The Balaban J connectivity index is 2.64. The van der Waals surface area contributed by atoms with Crippen molar-refractivity contribution in [2.45, 2.75) is 13.8 Å². The van der Waals surface area contributed by atoms with Crippen LogP contribution in [0, 0.1) is 6.92 Å². The van der Waals surface area contributed by atoms with Crippen molar-refractivity contribution >= 4 is 22.4 Å².